The van der Waals surface area contributed by atoms with Gasteiger partial charge in [0, 0.05) is 31.2 Å². The largest absolute Gasteiger partial charge is 0.367 e. The number of nitrogens with two attached hydrogens (primary N) is 2. The normalized spacial score (nSPS) is 16.1. The molecule has 1 heterocycles. The molecule has 4 N–H and O–H groups in total. The number of piperazine rings is 1. The lowest BCUT2D eigenvalue weighted by Crippen LogP contribution is -2.53. The highest BCUT2D eigenvalue weighted by Gasteiger charge is 2.27. The Morgan fingerprint density at radius 2 is 1.64 bits per heavy atom. The van der Waals surface area contributed by atoms with Gasteiger partial charge in [0.2, 0.25) is 15.9 Å². The standard InChI is InChI=1S/C19H23ClN4O3S/c20-15-7-5-14(6-8-15)13-16(21)19(25)24-11-9-23(10-12-24)17-3-1-2-4-18(17)28(22,26)27/h1-8,16H,9-13,21H2,(H2,22,26,27)/t16-/m1/s1. The van der Waals surface area contributed by atoms with Crippen LogP contribution in [-0.2, 0) is 21.2 Å². The van der Waals surface area contributed by atoms with Gasteiger partial charge in [0.1, 0.15) is 4.90 Å². The number of benzene rings is 2. The van der Waals surface area contributed by atoms with Crippen LogP contribution in [-0.4, -0.2) is 51.4 Å². The molecule has 1 aliphatic heterocycles. The number of carbonyl (C=O) groups excluding carboxylic acids is 1. The maximum Gasteiger partial charge on any atom is 0.240 e. The molecular weight excluding hydrogens is 400 g/mol. The lowest BCUT2D eigenvalue weighted by molar-refractivity contribution is -0.132. The van der Waals surface area contributed by atoms with Crippen molar-refractivity contribution < 1.29 is 13.2 Å². The van der Waals surface area contributed by atoms with Gasteiger partial charge in [-0.2, -0.15) is 0 Å². The number of amides is 1. The summed E-state index contributed by atoms with van der Waals surface area (Å²) in [4.78, 5) is 16.4. The fourth-order valence-electron chi connectivity index (χ4n) is 3.32. The van der Waals surface area contributed by atoms with Gasteiger partial charge in [0.25, 0.3) is 0 Å². The fraction of sp³-hybridized carbons (Fsp3) is 0.316. The molecule has 28 heavy (non-hydrogen) atoms. The highest BCUT2D eigenvalue weighted by atomic mass is 35.5. The number of rotatable bonds is 5. The van der Waals surface area contributed by atoms with Crippen molar-refractivity contribution >= 4 is 33.2 Å². The first-order valence-electron chi connectivity index (χ1n) is 8.91. The van der Waals surface area contributed by atoms with E-state index >= 15 is 0 Å². The monoisotopic (exact) mass is 422 g/mol. The van der Waals surface area contributed by atoms with Crippen LogP contribution in [0.25, 0.3) is 0 Å². The van der Waals surface area contributed by atoms with E-state index in [0.29, 0.717) is 43.3 Å². The van der Waals surface area contributed by atoms with Crippen molar-refractivity contribution in [1.82, 2.24) is 4.90 Å². The Kier molecular flexibility index (Phi) is 6.24. The van der Waals surface area contributed by atoms with Crippen LogP contribution in [0.4, 0.5) is 5.69 Å². The van der Waals surface area contributed by atoms with Crippen LogP contribution >= 0.6 is 11.6 Å². The van der Waals surface area contributed by atoms with Gasteiger partial charge in [0.15, 0.2) is 0 Å². The maximum atomic E-state index is 12.7. The van der Waals surface area contributed by atoms with E-state index in [0.717, 1.165) is 5.56 Å². The lowest BCUT2D eigenvalue weighted by atomic mass is 10.1. The van der Waals surface area contributed by atoms with Crippen molar-refractivity contribution in [2.45, 2.75) is 17.4 Å². The Hall–Kier alpha value is -2.13. The average molecular weight is 423 g/mol. The summed E-state index contributed by atoms with van der Waals surface area (Å²) in [6.45, 7) is 1.94. The minimum absolute atomic E-state index is 0.0919. The highest BCUT2D eigenvalue weighted by molar-refractivity contribution is 7.89. The number of carbonyl (C=O) groups is 1. The fourth-order valence-corrected chi connectivity index (χ4v) is 4.21. The number of sulfonamides is 1. The van der Waals surface area contributed by atoms with Gasteiger partial charge in [-0.1, -0.05) is 35.9 Å². The number of anilines is 1. The number of para-hydroxylation sites is 1. The Morgan fingerprint density at radius 3 is 2.25 bits per heavy atom. The molecule has 1 amide bonds. The maximum absolute atomic E-state index is 12.7. The SMILES string of the molecule is N[C@H](Cc1ccc(Cl)cc1)C(=O)N1CCN(c2ccccc2S(N)(=O)=O)CC1. The molecule has 0 spiro atoms. The van der Waals surface area contributed by atoms with Crippen LogP contribution in [0.1, 0.15) is 5.56 Å². The van der Waals surface area contributed by atoms with Crippen LogP contribution in [0.3, 0.4) is 0 Å². The molecule has 150 valence electrons. The third kappa shape index (κ3) is 4.82. The van der Waals surface area contributed by atoms with Crippen molar-refractivity contribution in [3.63, 3.8) is 0 Å². The van der Waals surface area contributed by atoms with E-state index in [4.69, 9.17) is 22.5 Å². The molecular formula is C19H23ClN4O3S. The van der Waals surface area contributed by atoms with Crippen LogP contribution < -0.4 is 15.8 Å². The molecule has 1 saturated heterocycles. The molecule has 0 saturated carbocycles. The summed E-state index contributed by atoms with van der Waals surface area (Å²) in [5.74, 6) is -0.116. The molecule has 2 aromatic carbocycles. The molecule has 1 aliphatic rings. The van der Waals surface area contributed by atoms with Crippen molar-refractivity contribution in [1.29, 1.82) is 0 Å². The van der Waals surface area contributed by atoms with Crippen molar-refractivity contribution in [3.05, 3.63) is 59.1 Å². The Bertz CT molecular complexity index is 942. The Morgan fingerprint density at radius 1 is 1.04 bits per heavy atom. The van der Waals surface area contributed by atoms with Crippen LogP contribution in [0.5, 0.6) is 0 Å². The molecule has 0 aliphatic carbocycles. The first-order valence-corrected chi connectivity index (χ1v) is 10.8. The van der Waals surface area contributed by atoms with E-state index in [1.807, 2.05) is 17.0 Å². The second-order valence-electron chi connectivity index (χ2n) is 6.76. The quantitative estimate of drug-likeness (QED) is 0.752. The minimum Gasteiger partial charge on any atom is -0.367 e. The van der Waals surface area contributed by atoms with E-state index in [9.17, 15) is 13.2 Å². The second-order valence-corrected chi connectivity index (χ2v) is 8.73. The van der Waals surface area contributed by atoms with E-state index < -0.39 is 16.1 Å². The summed E-state index contributed by atoms with van der Waals surface area (Å²) in [5.41, 5.74) is 7.62. The van der Waals surface area contributed by atoms with E-state index in [-0.39, 0.29) is 10.8 Å². The molecule has 0 radical (unpaired) electrons. The van der Waals surface area contributed by atoms with Crippen LogP contribution in [0, 0.1) is 0 Å². The summed E-state index contributed by atoms with van der Waals surface area (Å²) < 4.78 is 23.6. The van der Waals surface area contributed by atoms with Gasteiger partial charge in [-0.3, -0.25) is 4.79 Å². The summed E-state index contributed by atoms with van der Waals surface area (Å²) in [6, 6.07) is 13.3. The number of halogens is 1. The van der Waals surface area contributed by atoms with Gasteiger partial charge in [-0.25, -0.2) is 13.6 Å². The van der Waals surface area contributed by atoms with E-state index in [1.165, 1.54) is 6.07 Å². The third-order valence-electron chi connectivity index (χ3n) is 4.79. The molecule has 9 heteroatoms. The van der Waals surface area contributed by atoms with Gasteiger partial charge in [-0.05, 0) is 36.2 Å². The smallest absolute Gasteiger partial charge is 0.240 e. The predicted octanol–water partition coefficient (Wildman–Crippen LogP) is 1.21. The molecule has 0 bridgehead atoms. The number of nitrogens with zero attached hydrogens (tertiary/aromatic N) is 2. The number of hydrogen-bond donors (Lipinski definition) is 2. The van der Waals surface area contributed by atoms with E-state index in [1.54, 1.807) is 35.2 Å². The summed E-state index contributed by atoms with van der Waals surface area (Å²) in [5, 5.41) is 5.96. The molecule has 0 unspecified atom stereocenters. The number of primary sulfonamides is 1. The number of hydrogen-bond acceptors (Lipinski definition) is 5. The highest BCUT2D eigenvalue weighted by Crippen LogP contribution is 2.25. The zero-order chi connectivity index (χ0) is 20.3. The summed E-state index contributed by atoms with van der Waals surface area (Å²) >= 11 is 5.88. The molecule has 0 aromatic heterocycles. The zero-order valence-electron chi connectivity index (χ0n) is 15.3. The minimum atomic E-state index is -3.82. The first-order chi connectivity index (χ1) is 13.3. The zero-order valence-corrected chi connectivity index (χ0v) is 16.9. The second kappa shape index (κ2) is 8.48. The van der Waals surface area contributed by atoms with Crippen LogP contribution in [0.2, 0.25) is 5.02 Å². The molecule has 7 nitrogen and oxygen atoms in total. The Balaban J connectivity index is 1.62. The van der Waals surface area contributed by atoms with Gasteiger partial charge >= 0.3 is 0 Å². The van der Waals surface area contributed by atoms with E-state index in [2.05, 4.69) is 0 Å². The molecule has 2 aromatic rings. The van der Waals surface area contributed by atoms with Gasteiger partial charge in [0.05, 0.1) is 11.7 Å². The van der Waals surface area contributed by atoms with Gasteiger partial charge in [-0.15, -0.1) is 0 Å². The van der Waals surface area contributed by atoms with Crippen molar-refractivity contribution in [3.8, 4) is 0 Å². The van der Waals surface area contributed by atoms with Gasteiger partial charge < -0.3 is 15.5 Å². The topological polar surface area (TPSA) is 110 Å². The molecule has 3 rings (SSSR count). The van der Waals surface area contributed by atoms with Crippen molar-refractivity contribution in [2.24, 2.45) is 10.9 Å². The summed E-state index contributed by atoms with van der Waals surface area (Å²) in [7, 11) is -3.82. The lowest BCUT2D eigenvalue weighted by Gasteiger charge is -2.37. The third-order valence-corrected chi connectivity index (χ3v) is 6.00. The average Bonchev–Trinajstić information content (AvgIpc) is 2.68. The Labute approximate surface area is 169 Å². The van der Waals surface area contributed by atoms with Crippen LogP contribution in [0.15, 0.2) is 53.4 Å². The summed E-state index contributed by atoms with van der Waals surface area (Å²) in [6.07, 6.45) is 0.435. The van der Waals surface area contributed by atoms with Crippen molar-refractivity contribution in [2.75, 3.05) is 31.1 Å². The molecule has 1 fully saturated rings. The predicted molar refractivity (Wildman–Crippen MR) is 110 cm³/mol. The molecule has 1 atom stereocenters. The first kappa shape index (κ1) is 20.6.